The Bertz CT molecular complexity index is 946. The van der Waals surface area contributed by atoms with Crippen LogP contribution < -0.4 is 5.32 Å². The van der Waals surface area contributed by atoms with E-state index in [4.69, 9.17) is 0 Å². The summed E-state index contributed by atoms with van der Waals surface area (Å²) >= 11 is 0. The number of carbonyl (C=O) groups excluding carboxylic acids is 1. The summed E-state index contributed by atoms with van der Waals surface area (Å²) in [5.41, 5.74) is 3.69. The van der Waals surface area contributed by atoms with Crippen LogP contribution in [0.4, 0.5) is 5.69 Å². The largest absolute Gasteiger partial charge is 0.326 e. The minimum atomic E-state index is -3.51. The summed E-state index contributed by atoms with van der Waals surface area (Å²) in [4.78, 5) is 13.0. The van der Waals surface area contributed by atoms with E-state index in [2.05, 4.69) is 5.32 Å². The number of anilines is 1. The van der Waals surface area contributed by atoms with Crippen molar-refractivity contribution in [2.24, 2.45) is 5.92 Å². The maximum absolute atomic E-state index is 12.9. The molecule has 1 aliphatic heterocycles. The van der Waals surface area contributed by atoms with Crippen LogP contribution in [-0.2, 0) is 14.8 Å². The lowest BCUT2D eigenvalue weighted by atomic mass is 9.97. The van der Waals surface area contributed by atoms with Gasteiger partial charge in [0.05, 0.1) is 4.90 Å². The molecule has 0 aliphatic carbocycles. The van der Waals surface area contributed by atoms with E-state index >= 15 is 0 Å². The maximum atomic E-state index is 12.9. The van der Waals surface area contributed by atoms with Crippen LogP contribution in [0.25, 0.3) is 0 Å². The molecule has 0 atom stereocenters. The van der Waals surface area contributed by atoms with Gasteiger partial charge < -0.3 is 5.32 Å². The summed E-state index contributed by atoms with van der Waals surface area (Å²) in [6.45, 7) is 6.48. The molecule has 0 unspecified atom stereocenters. The number of amides is 1. The topological polar surface area (TPSA) is 66.5 Å². The summed E-state index contributed by atoms with van der Waals surface area (Å²) in [5, 5.41) is 3.01. The molecule has 0 radical (unpaired) electrons. The molecule has 2 aromatic rings. The van der Waals surface area contributed by atoms with Crippen molar-refractivity contribution in [2.75, 3.05) is 18.4 Å². The predicted octanol–water partition coefficient (Wildman–Crippen LogP) is 3.65. The molecule has 27 heavy (non-hydrogen) atoms. The van der Waals surface area contributed by atoms with Gasteiger partial charge in [0.1, 0.15) is 0 Å². The summed E-state index contributed by atoms with van der Waals surface area (Å²) in [6, 6.07) is 13.0. The highest BCUT2D eigenvalue weighted by molar-refractivity contribution is 7.89. The van der Waals surface area contributed by atoms with E-state index in [0.29, 0.717) is 30.8 Å². The molecule has 1 saturated heterocycles. The molecule has 0 spiro atoms. The second kappa shape index (κ2) is 7.82. The van der Waals surface area contributed by atoms with E-state index in [9.17, 15) is 13.2 Å². The molecule has 0 aromatic heterocycles. The van der Waals surface area contributed by atoms with Crippen molar-refractivity contribution in [3.05, 3.63) is 59.2 Å². The second-order valence-electron chi connectivity index (χ2n) is 7.25. The first-order valence-corrected chi connectivity index (χ1v) is 10.7. The highest BCUT2D eigenvalue weighted by atomic mass is 32.2. The van der Waals surface area contributed by atoms with Crippen LogP contribution >= 0.6 is 0 Å². The lowest BCUT2D eigenvalue weighted by molar-refractivity contribution is -0.120. The van der Waals surface area contributed by atoms with E-state index in [1.807, 2.05) is 38.1 Å². The van der Waals surface area contributed by atoms with Crippen LogP contribution in [0.2, 0.25) is 0 Å². The smallest absolute Gasteiger partial charge is 0.243 e. The molecule has 0 saturated carbocycles. The van der Waals surface area contributed by atoms with Gasteiger partial charge in [0.25, 0.3) is 0 Å². The van der Waals surface area contributed by atoms with Crippen LogP contribution in [0.3, 0.4) is 0 Å². The first kappa shape index (κ1) is 19.6. The van der Waals surface area contributed by atoms with Gasteiger partial charge in [-0.3, -0.25) is 4.79 Å². The summed E-state index contributed by atoms with van der Waals surface area (Å²) in [7, 11) is -3.51. The molecule has 144 valence electrons. The summed E-state index contributed by atoms with van der Waals surface area (Å²) in [5.74, 6) is -0.204. The Labute approximate surface area is 161 Å². The number of hydrogen-bond acceptors (Lipinski definition) is 3. The molecule has 6 heteroatoms. The quantitative estimate of drug-likeness (QED) is 0.872. The van der Waals surface area contributed by atoms with E-state index in [1.54, 1.807) is 25.1 Å². The molecular formula is C21H26N2O3S. The minimum absolute atomic E-state index is 0.0309. The normalized spacial score (nSPS) is 16.3. The number of sulfonamides is 1. The number of rotatable bonds is 4. The third kappa shape index (κ3) is 4.22. The Morgan fingerprint density at radius 2 is 1.67 bits per heavy atom. The average Bonchev–Trinajstić information content (AvgIpc) is 2.65. The van der Waals surface area contributed by atoms with E-state index in [-0.39, 0.29) is 11.8 Å². The van der Waals surface area contributed by atoms with Crippen molar-refractivity contribution < 1.29 is 13.2 Å². The third-order valence-corrected chi connectivity index (χ3v) is 7.25. The second-order valence-corrected chi connectivity index (χ2v) is 9.16. The number of aryl methyl sites for hydroxylation is 3. The molecule has 3 rings (SSSR count). The monoisotopic (exact) mass is 386 g/mol. The number of benzene rings is 2. The zero-order valence-electron chi connectivity index (χ0n) is 16.0. The fraction of sp³-hybridized carbons (Fsp3) is 0.381. The van der Waals surface area contributed by atoms with Crippen molar-refractivity contribution in [2.45, 2.75) is 38.5 Å². The van der Waals surface area contributed by atoms with Crippen LogP contribution in [0.1, 0.15) is 29.5 Å². The van der Waals surface area contributed by atoms with Crippen molar-refractivity contribution in [3.63, 3.8) is 0 Å². The van der Waals surface area contributed by atoms with Gasteiger partial charge in [-0.15, -0.1) is 0 Å². The molecule has 2 aromatic carbocycles. The van der Waals surface area contributed by atoms with Gasteiger partial charge >= 0.3 is 0 Å². The Morgan fingerprint density at radius 1 is 1.00 bits per heavy atom. The van der Waals surface area contributed by atoms with Gasteiger partial charge in [0.15, 0.2) is 0 Å². The molecule has 5 nitrogen and oxygen atoms in total. The lowest BCUT2D eigenvalue weighted by Gasteiger charge is -2.31. The zero-order valence-corrected chi connectivity index (χ0v) is 16.8. The van der Waals surface area contributed by atoms with Crippen molar-refractivity contribution in [3.8, 4) is 0 Å². The fourth-order valence-corrected chi connectivity index (χ4v) is 5.14. The van der Waals surface area contributed by atoms with Crippen LogP contribution in [0.15, 0.2) is 47.4 Å². The number of piperidine rings is 1. The van der Waals surface area contributed by atoms with Crippen molar-refractivity contribution in [1.82, 2.24) is 4.31 Å². The first-order chi connectivity index (χ1) is 12.8. The van der Waals surface area contributed by atoms with Gasteiger partial charge in [-0.1, -0.05) is 30.3 Å². The van der Waals surface area contributed by atoms with Crippen molar-refractivity contribution in [1.29, 1.82) is 0 Å². The number of nitrogens with zero attached hydrogens (tertiary/aromatic N) is 1. The molecule has 0 bridgehead atoms. The highest BCUT2D eigenvalue weighted by Gasteiger charge is 2.32. The predicted molar refractivity (Wildman–Crippen MR) is 107 cm³/mol. The lowest BCUT2D eigenvalue weighted by Crippen LogP contribution is -2.41. The number of hydrogen-bond donors (Lipinski definition) is 1. The Balaban J connectivity index is 1.66. The fourth-order valence-electron chi connectivity index (χ4n) is 3.45. The van der Waals surface area contributed by atoms with Crippen LogP contribution in [0.5, 0.6) is 0 Å². The van der Waals surface area contributed by atoms with Crippen LogP contribution in [-0.4, -0.2) is 31.7 Å². The van der Waals surface area contributed by atoms with Gasteiger partial charge in [-0.05, 0) is 62.4 Å². The molecule has 1 fully saturated rings. The Kier molecular flexibility index (Phi) is 5.67. The minimum Gasteiger partial charge on any atom is -0.326 e. The number of nitrogens with one attached hydrogen (secondary N) is 1. The first-order valence-electron chi connectivity index (χ1n) is 9.23. The van der Waals surface area contributed by atoms with Crippen LogP contribution in [0, 0.1) is 26.7 Å². The Hall–Kier alpha value is -2.18. The maximum Gasteiger partial charge on any atom is 0.243 e. The summed E-state index contributed by atoms with van der Waals surface area (Å²) < 4.78 is 27.3. The van der Waals surface area contributed by atoms with Gasteiger partial charge in [0, 0.05) is 24.7 Å². The molecule has 1 aliphatic rings. The van der Waals surface area contributed by atoms with Gasteiger partial charge in [-0.25, -0.2) is 8.42 Å². The van der Waals surface area contributed by atoms with Crippen molar-refractivity contribution >= 4 is 21.6 Å². The SMILES string of the molecule is Cc1ccc(C)c(NC(=O)C2CCN(S(=O)(=O)c3ccccc3C)CC2)c1. The van der Waals surface area contributed by atoms with Gasteiger partial charge in [-0.2, -0.15) is 4.31 Å². The van der Waals surface area contributed by atoms with E-state index in [0.717, 1.165) is 22.4 Å². The standard InChI is InChI=1S/C21H26N2O3S/c1-15-8-9-16(2)19(14-15)22-21(24)18-10-12-23(13-11-18)27(25,26)20-7-5-4-6-17(20)3/h4-9,14,18H,10-13H2,1-3H3,(H,22,24). The number of carbonyl (C=O) groups is 1. The molecule has 1 N–H and O–H groups in total. The summed E-state index contributed by atoms with van der Waals surface area (Å²) in [6.07, 6.45) is 1.06. The van der Waals surface area contributed by atoms with Gasteiger partial charge in [0.2, 0.25) is 15.9 Å². The third-order valence-electron chi connectivity index (χ3n) is 5.19. The van der Waals surface area contributed by atoms with E-state index < -0.39 is 10.0 Å². The van der Waals surface area contributed by atoms with E-state index in [1.165, 1.54) is 4.31 Å². The molecule has 1 amide bonds. The zero-order chi connectivity index (χ0) is 19.6. The molecule has 1 heterocycles. The average molecular weight is 387 g/mol. The Morgan fingerprint density at radius 3 is 2.33 bits per heavy atom. The highest BCUT2D eigenvalue weighted by Crippen LogP contribution is 2.27. The molecular weight excluding hydrogens is 360 g/mol.